The molecule has 1 aromatic heterocycles. The lowest BCUT2D eigenvalue weighted by molar-refractivity contribution is -0.123. The van der Waals surface area contributed by atoms with Crippen molar-refractivity contribution >= 4 is 58.6 Å². The normalized spacial score (nSPS) is 20.1. The third kappa shape index (κ3) is 4.11. The van der Waals surface area contributed by atoms with Gasteiger partial charge in [0.05, 0.1) is 28.2 Å². The summed E-state index contributed by atoms with van der Waals surface area (Å²) >= 11 is 12.0. The van der Waals surface area contributed by atoms with Gasteiger partial charge in [0.15, 0.2) is 5.11 Å². The Morgan fingerprint density at radius 3 is 2.47 bits per heavy atom. The Bertz CT molecular complexity index is 1140. The maximum atomic E-state index is 13.6. The number of pyridine rings is 1. The van der Waals surface area contributed by atoms with Crippen LogP contribution in [-0.4, -0.2) is 52.7 Å². The predicted molar refractivity (Wildman–Crippen MR) is 138 cm³/mol. The number of anilines is 2. The Morgan fingerprint density at radius 1 is 1.21 bits per heavy atom. The molecular formula is C24H25Cl2N5O2S. The number of aromatic nitrogens is 1. The molecule has 3 fully saturated rings. The number of carbonyl (C=O) groups excluding carboxylic acids is 1. The molecule has 5 rings (SSSR count). The third-order valence-corrected chi connectivity index (χ3v) is 7.53. The van der Waals surface area contributed by atoms with Crippen molar-refractivity contribution in [2.24, 2.45) is 0 Å². The van der Waals surface area contributed by atoms with Crippen LogP contribution in [0.1, 0.15) is 37.7 Å². The molecule has 0 bridgehead atoms. The summed E-state index contributed by atoms with van der Waals surface area (Å²) in [7, 11) is 2.12. The van der Waals surface area contributed by atoms with Gasteiger partial charge in [-0.15, -0.1) is 12.4 Å². The third-order valence-electron chi connectivity index (χ3n) is 6.86. The second-order valence-corrected chi connectivity index (χ2v) is 9.67. The van der Waals surface area contributed by atoms with Crippen molar-refractivity contribution in [3.63, 3.8) is 0 Å². The SMILES string of the molecule is CN1CCC(Oc2ccc(N3C(=S)N(c4ccc(C#N)c(Cl)c4)C(=O)C34CCC4)cn2)CC1.Cl. The Morgan fingerprint density at radius 2 is 1.91 bits per heavy atom. The smallest absolute Gasteiger partial charge is 0.259 e. The van der Waals surface area contributed by atoms with Crippen LogP contribution >= 0.6 is 36.2 Å². The van der Waals surface area contributed by atoms with E-state index in [1.807, 2.05) is 23.1 Å². The molecule has 2 aromatic rings. The molecule has 0 radical (unpaired) electrons. The van der Waals surface area contributed by atoms with Crippen molar-refractivity contribution < 1.29 is 9.53 Å². The number of ether oxygens (including phenoxy) is 1. The van der Waals surface area contributed by atoms with Crippen LogP contribution in [-0.2, 0) is 4.79 Å². The van der Waals surface area contributed by atoms with Crippen molar-refractivity contribution in [3.8, 4) is 11.9 Å². The molecule has 0 atom stereocenters. The van der Waals surface area contributed by atoms with Gasteiger partial charge in [-0.1, -0.05) is 11.6 Å². The number of halogens is 2. The van der Waals surface area contributed by atoms with Crippen LogP contribution in [0.4, 0.5) is 11.4 Å². The van der Waals surface area contributed by atoms with Crippen LogP contribution < -0.4 is 14.5 Å². The van der Waals surface area contributed by atoms with Crippen LogP contribution in [0.15, 0.2) is 36.5 Å². The first kappa shape index (κ1) is 24.7. The summed E-state index contributed by atoms with van der Waals surface area (Å²) in [4.78, 5) is 23.8. The summed E-state index contributed by atoms with van der Waals surface area (Å²) in [5.74, 6) is 0.523. The number of carbonyl (C=O) groups is 1. The number of thiocarbonyl (C=S) groups is 1. The molecule has 1 saturated carbocycles. The van der Waals surface area contributed by atoms with E-state index in [0.717, 1.165) is 50.9 Å². The Hall–Kier alpha value is -2.44. The van der Waals surface area contributed by atoms with Crippen molar-refractivity contribution in [2.45, 2.75) is 43.7 Å². The number of rotatable bonds is 4. The van der Waals surface area contributed by atoms with E-state index in [0.29, 0.717) is 27.3 Å². The first-order valence-corrected chi connectivity index (χ1v) is 11.9. The first-order valence-electron chi connectivity index (χ1n) is 11.1. The molecule has 34 heavy (non-hydrogen) atoms. The minimum atomic E-state index is -0.699. The van der Waals surface area contributed by atoms with E-state index in [1.165, 1.54) is 4.90 Å². The number of likely N-dealkylation sites (tertiary alicyclic amines) is 1. The van der Waals surface area contributed by atoms with E-state index >= 15 is 0 Å². The topological polar surface area (TPSA) is 72.7 Å². The largest absolute Gasteiger partial charge is 0.474 e. The van der Waals surface area contributed by atoms with Gasteiger partial charge < -0.3 is 14.5 Å². The standard InChI is InChI=1S/C24H24ClN5O2S.ClH/c1-28-11-7-19(8-12-28)32-21-6-5-18(15-27-21)30-23(33)29(22(31)24(30)9-2-10-24)17-4-3-16(14-26)20(25)13-17;/h3-6,13,15,19H,2,7-12H2,1H3;1H. The molecule has 0 N–H and O–H groups in total. The van der Waals surface area contributed by atoms with Gasteiger partial charge in [-0.2, -0.15) is 5.26 Å². The van der Waals surface area contributed by atoms with E-state index in [2.05, 4.69) is 16.9 Å². The number of hydrogen-bond donors (Lipinski definition) is 0. The molecule has 2 saturated heterocycles. The summed E-state index contributed by atoms with van der Waals surface area (Å²) in [5, 5.41) is 9.86. The lowest BCUT2D eigenvalue weighted by Crippen LogP contribution is -2.55. The molecule has 1 aromatic carbocycles. The molecule has 1 aliphatic carbocycles. The van der Waals surface area contributed by atoms with Crippen molar-refractivity contribution in [2.75, 3.05) is 29.9 Å². The molecule has 3 heterocycles. The number of nitriles is 1. The Kier molecular flexibility index (Phi) is 7.02. The van der Waals surface area contributed by atoms with Gasteiger partial charge in [0.25, 0.3) is 5.91 Å². The van der Waals surface area contributed by atoms with Gasteiger partial charge in [0.2, 0.25) is 5.88 Å². The van der Waals surface area contributed by atoms with E-state index in [1.54, 1.807) is 24.4 Å². The second kappa shape index (κ2) is 9.67. The molecule has 7 nitrogen and oxygen atoms in total. The quantitative estimate of drug-likeness (QED) is 0.550. The van der Waals surface area contributed by atoms with Crippen molar-refractivity contribution in [1.82, 2.24) is 9.88 Å². The predicted octanol–water partition coefficient (Wildman–Crippen LogP) is 4.56. The minimum Gasteiger partial charge on any atom is -0.474 e. The van der Waals surface area contributed by atoms with E-state index in [4.69, 9.17) is 33.8 Å². The fraction of sp³-hybridized carbons (Fsp3) is 0.417. The highest BCUT2D eigenvalue weighted by Gasteiger charge is 2.59. The average Bonchev–Trinajstić information content (AvgIpc) is 3.02. The van der Waals surface area contributed by atoms with Gasteiger partial charge in [0, 0.05) is 19.2 Å². The summed E-state index contributed by atoms with van der Waals surface area (Å²) in [6.07, 6.45) is 6.27. The van der Waals surface area contributed by atoms with E-state index < -0.39 is 5.54 Å². The number of benzene rings is 1. The number of piperidine rings is 1. The molecule has 1 spiro atoms. The van der Waals surface area contributed by atoms with Gasteiger partial charge in [-0.25, -0.2) is 4.98 Å². The lowest BCUT2D eigenvalue weighted by atomic mass is 9.75. The summed E-state index contributed by atoms with van der Waals surface area (Å²) in [6, 6.07) is 10.8. The molecule has 0 unspecified atom stereocenters. The molecule has 178 valence electrons. The monoisotopic (exact) mass is 517 g/mol. The highest BCUT2D eigenvalue weighted by atomic mass is 35.5. The zero-order chi connectivity index (χ0) is 23.2. The highest BCUT2D eigenvalue weighted by Crippen LogP contribution is 2.48. The average molecular weight is 518 g/mol. The highest BCUT2D eigenvalue weighted by molar-refractivity contribution is 7.81. The van der Waals surface area contributed by atoms with Crippen molar-refractivity contribution in [3.05, 3.63) is 47.1 Å². The van der Waals surface area contributed by atoms with Gasteiger partial charge in [-0.05, 0) is 75.6 Å². The van der Waals surface area contributed by atoms with E-state index in [-0.39, 0.29) is 24.4 Å². The van der Waals surface area contributed by atoms with Crippen LogP contribution in [0.25, 0.3) is 0 Å². The zero-order valence-corrected chi connectivity index (χ0v) is 21.1. The zero-order valence-electron chi connectivity index (χ0n) is 18.7. The number of nitrogens with zero attached hydrogens (tertiary/aromatic N) is 5. The van der Waals surface area contributed by atoms with Crippen molar-refractivity contribution in [1.29, 1.82) is 5.26 Å². The first-order chi connectivity index (χ1) is 15.9. The fourth-order valence-electron chi connectivity index (χ4n) is 4.79. The van der Waals surface area contributed by atoms with Gasteiger partial charge >= 0.3 is 0 Å². The molecule has 10 heteroatoms. The molecule has 2 aliphatic heterocycles. The fourth-order valence-corrected chi connectivity index (χ4v) is 5.48. The lowest BCUT2D eigenvalue weighted by Gasteiger charge is -2.42. The second-order valence-electron chi connectivity index (χ2n) is 8.89. The molecule has 3 aliphatic rings. The summed E-state index contributed by atoms with van der Waals surface area (Å²) in [6.45, 7) is 2.04. The van der Waals surface area contributed by atoms with Gasteiger partial charge in [-0.3, -0.25) is 9.69 Å². The molecule has 1 amide bonds. The van der Waals surface area contributed by atoms with Crippen LogP contribution in [0.3, 0.4) is 0 Å². The van der Waals surface area contributed by atoms with Crippen LogP contribution in [0.2, 0.25) is 5.02 Å². The Labute approximate surface area is 215 Å². The number of amides is 1. The maximum Gasteiger partial charge on any atom is 0.259 e. The Balaban J connectivity index is 0.00000274. The summed E-state index contributed by atoms with van der Waals surface area (Å²) < 4.78 is 6.08. The van der Waals surface area contributed by atoms with Gasteiger partial charge in [0.1, 0.15) is 17.7 Å². The van der Waals surface area contributed by atoms with E-state index in [9.17, 15) is 4.79 Å². The van der Waals surface area contributed by atoms with Crippen LogP contribution in [0.5, 0.6) is 5.88 Å². The maximum absolute atomic E-state index is 13.6. The minimum absolute atomic E-state index is 0. The number of hydrogen-bond acceptors (Lipinski definition) is 6. The molecular weight excluding hydrogens is 493 g/mol. The van der Waals surface area contributed by atoms with Crippen LogP contribution in [0, 0.1) is 11.3 Å². The summed E-state index contributed by atoms with van der Waals surface area (Å²) in [5.41, 5.74) is 0.997.